The summed E-state index contributed by atoms with van der Waals surface area (Å²) >= 11 is 0. The molecule has 1 aromatic carbocycles. The number of anilines is 1. The summed E-state index contributed by atoms with van der Waals surface area (Å²) in [5, 5.41) is 1.55. The van der Waals surface area contributed by atoms with Gasteiger partial charge in [-0.1, -0.05) is 0 Å². The van der Waals surface area contributed by atoms with Gasteiger partial charge in [-0.05, 0) is 24.6 Å². The lowest BCUT2D eigenvalue weighted by atomic mass is 10.1. The molecule has 0 unspecified atom stereocenters. The third-order valence-electron chi connectivity index (χ3n) is 2.33. The van der Waals surface area contributed by atoms with Crippen LogP contribution in [0.2, 0.25) is 0 Å². The van der Waals surface area contributed by atoms with Gasteiger partial charge in [-0.2, -0.15) is 8.78 Å². The SMILES string of the molecule is Cc1cc(N)cc(C(=O)NCC(F)(F)C(F)F)c1F. The molecular weight excluding hydrogens is 271 g/mol. The largest absolute Gasteiger partial charge is 0.399 e. The summed E-state index contributed by atoms with van der Waals surface area (Å²) in [4.78, 5) is 11.5. The van der Waals surface area contributed by atoms with E-state index in [0.717, 1.165) is 6.07 Å². The summed E-state index contributed by atoms with van der Waals surface area (Å²) in [7, 11) is 0. The summed E-state index contributed by atoms with van der Waals surface area (Å²) in [5.41, 5.74) is 4.92. The van der Waals surface area contributed by atoms with E-state index in [1.807, 2.05) is 0 Å². The molecular formula is C11H11F5N2O. The Morgan fingerprint density at radius 3 is 2.53 bits per heavy atom. The average Bonchev–Trinajstić information content (AvgIpc) is 2.30. The number of carbonyl (C=O) groups excluding carboxylic acids is 1. The Hall–Kier alpha value is -1.86. The normalized spacial score (nSPS) is 11.7. The maximum Gasteiger partial charge on any atom is 0.324 e. The number of hydrogen-bond acceptors (Lipinski definition) is 2. The van der Waals surface area contributed by atoms with Crippen molar-refractivity contribution in [3.63, 3.8) is 0 Å². The lowest BCUT2D eigenvalue weighted by Crippen LogP contribution is -2.41. The van der Waals surface area contributed by atoms with Crippen LogP contribution in [0.1, 0.15) is 15.9 Å². The summed E-state index contributed by atoms with van der Waals surface area (Å²) in [6, 6.07) is 2.19. The minimum Gasteiger partial charge on any atom is -0.399 e. The lowest BCUT2D eigenvalue weighted by Gasteiger charge is -2.16. The van der Waals surface area contributed by atoms with Gasteiger partial charge in [0.15, 0.2) is 0 Å². The van der Waals surface area contributed by atoms with Crippen molar-refractivity contribution in [3.05, 3.63) is 29.1 Å². The van der Waals surface area contributed by atoms with Gasteiger partial charge in [-0.15, -0.1) is 0 Å². The van der Waals surface area contributed by atoms with Gasteiger partial charge in [0, 0.05) is 5.69 Å². The Bertz CT molecular complexity index is 490. The fourth-order valence-corrected chi connectivity index (χ4v) is 1.33. The van der Waals surface area contributed by atoms with E-state index >= 15 is 0 Å². The minimum atomic E-state index is -4.37. The molecule has 1 aromatic rings. The Balaban J connectivity index is 2.86. The highest BCUT2D eigenvalue weighted by atomic mass is 19.3. The molecule has 0 saturated heterocycles. The maximum atomic E-state index is 13.6. The number of nitrogens with one attached hydrogen (secondary N) is 1. The number of amides is 1. The highest BCUT2D eigenvalue weighted by Crippen LogP contribution is 2.22. The number of halogens is 5. The number of rotatable bonds is 4. The Morgan fingerprint density at radius 1 is 1.42 bits per heavy atom. The van der Waals surface area contributed by atoms with E-state index in [4.69, 9.17) is 5.73 Å². The molecule has 0 radical (unpaired) electrons. The quantitative estimate of drug-likeness (QED) is 0.658. The predicted octanol–water partition coefficient (Wildman–Crippen LogP) is 2.35. The lowest BCUT2D eigenvalue weighted by molar-refractivity contribution is -0.123. The molecule has 3 nitrogen and oxygen atoms in total. The zero-order valence-electron chi connectivity index (χ0n) is 9.81. The zero-order valence-corrected chi connectivity index (χ0v) is 9.81. The van der Waals surface area contributed by atoms with E-state index in [2.05, 4.69) is 0 Å². The Morgan fingerprint density at radius 2 is 2.00 bits per heavy atom. The third-order valence-corrected chi connectivity index (χ3v) is 2.33. The number of nitrogens with two attached hydrogens (primary N) is 1. The van der Waals surface area contributed by atoms with Crippen molar-refractivity contribution in [2.24, 2.45) is 0 Å². The van der Waals surface area contributed by atoms with Crippen LogP contribution in [0.25, 0.3) is 0 Å². The highest BCUT2D eigenvalue weighted by Gasteiger charge is 2.41. The van der Waals surface area contributed by atoms with Gasteiger partial charge in [0.2, 0.25) is 0 Å². The molecule has 0 atom stereocenters. The van der Waals surface area contributed by atoms with Crippen LogP contribution >= 0.6 is 0 Å². The van der Waals surface area contributed by atoms with Crippen molar-refractivity contribution in [2.75, 3.05) is 12.3 Å². The predicted molar refractivity (Wildman–Crippen MR) is 58.8 cm³/mol. The topological polar surface area (TPSA) is 55.1 Å². The number of carbonyl (C=O) groups is 1. The van der Waals surface area contributed by atoms with Crippen molar-refractivity contribution < 1.29 is 26.7 Å². The van der Waals surface area contributed by atoms with Gasteiger partial charge in [0.1, 0.15) is 5.82 Å². The van der Waals surface area contributed by atoms with Gasteiger partial charge < -0.3 is 11.1 Å². The third kappa shape index (κ3) is 3.55. The molecule has 3 N–H and O–H groups in total. The molecule has 19 heavy (non-hydrogen) atoms. The van der Waals surface area contributed by atoms with E-state index in [-0.39, 0.29) is 11.3 Å². The minimum absolute atomic E-state index is 0.0470. The first-order valence-corrected chi connectivity index (χ1v) is 5.15. The van der Waals surface area contributed by atoms with E-state index in [1.165, 1.54) is 13.0 Å². The molecule has 0 bridgehead atoms. The smallest absolute Gasteiger partial charge is 0.324 e. The maximum absolute atomic E-state index is 13.6. The standard InChI is InChI=1S/C11H11F5N2O/c1-5-2-6(17)3-7(8(5)12)9(19)18-4-11(15,16)10(13)14/h2-3,10H,4,17H2,1H3,(H,18,19). The Kier molecular flexibility index (Phi) is 4.33. The fraction of sp³-hybridized carbons (Fsp3) is 0.364. The van der Waals surface area contributed by atoms with Gasteiger partial charge in [0.25, 0.3) is 5.91 Å². The van der Waals surface area contributed by atoms with Crippen molar-refractivity contribution >= 4 is 11.6 Å². The number of alkyl halides is 4. The van der Waals surface area contributed by atoms with Crippen molar-refractivity contribution in [1.82, 2.24) is 5.32 Å². The van der Waals surface area contributed by atoms with Crippen molar-refractivity contribution in [2.45, 2.75) is 19.3 Å². The molecule has 0 aliphatic carbocycles. The average molecular weight is 282 g/mol. The zero-order chi connectivity index (χ0) is 14.8. The molecule has 0 aliphatic heterocycles. The first kappa shape index (κ1) is 15.2. The number of benzene rings is 1. The molecule has 1 amide bonds. The second-order valence-corrected chi connectivity index (χ2v) is 3.94. The van der Waals surface area contributed by atoms with Gasteiger partial charge in [0.05, 0.1) is 12.1 Å². The molecule has 0 aliphatic rings. The van der Waals surface area contributed by atoms with E-state index in [1.54, 1.807) is 5.32 Å². The molecule has 0 spiro atoms. The highest BCUT2D eigenvalue weighted by molar-refractivity contribution is 5.95. The van der Waals surface area contributed by atoms with Gasteiger partial charge in [-0.25, -0.2) is 13.2 Å². The van der Waals surface area contributed by atoms with E-state index in [0.29, 0.717) is 0 Å². The molecule has 8 heteroatoms. The van der Waals surface area contributed by atoms with Crippen LogP contribution in [0.3, 0.4) is 0 Å². The second-order valence-electron chi connectivity index (χ2n) is 3.94. The number of aryl methyl sites for hydroxylation is 1. The first-order chi connectivity index (χ1) is 8.65. The van der Waals surface area contributed by atoms with Crippen LogP contribution < -0.4 is 11.1 Å². The molecule has 0 saturated carbocycles. The Labute approximate surface area is 105 Å². The first-order valence-electron chi connectivity index (χ1n) is 5.15. The summed E-state index contributed by atoms with van der Waals surface area (Å²) in [6.07, 6.45) is -3.92. The van der Waals surface area contributed by atoms with Crippen LogP contribution in [-0.4, -0.2) is 24.8 Å². The molecule has 0 heterocycles. The van der Waals surface area contributed by atoms with Crippen LogP contribution in [0.15, 0.2) is 12.1 Å². The van der Waals surface area contributed by atoms with E-state index in [9.17, 15) is 26.7 Å². The molecule has 0 aromatic heterocycles. The number of nitrogen functional groups attached to an aromatic ring is 1. The second kappa shape index (κ2) is 5.41. The van der Waals surface area contributed by atoms with Crippen LogP contribution in [0.5, 0.6) is 0 Å². The molecule has 1 rings (SSSR count). The van der Waals surface area contributed by atoms with Gasteiger partial charge >= 0.3 is 12.3 Å². The summed E-state index contributed by atoms with van der Waals surface area (Å²) < 4.78 is 62.5. The van der Waals surface area contributed by atoms with E-state index < -0.39 is 36.2 Å². The van der Waals surface area contributed by atoms with Gasteiger partial charge in [-0.3, -0.25) is 4.79 Å². The monoisotopic (exact) mass is 282 g/mol. The summed E-state index contributed by atoms with van der Waals surface area (Å²) in [6.45, 7) is -0.257. The number of hydrogen-bond donors (Lipinski definition) is 2. The van der Waals surface area contributed by atoms with Crippen LogP contribution in [0, 0.1) is 12.7 Å². The fourth-order valence-electron chi connectivity index (χ4n) is 1.33. The molecule has 0 fully saturated rings. The molecule has 106 valence electrons. The summed E-state index contributed by atoms with van der Waals surface area (Å²) in [5.74, 6) is -6.54. The van der Waals surface area contributed by atoms with Crippen molar-refractivity contribution in [3.8, 4) is 0 Å². The van der Waals surface area contributed by atoms with Crippen LogP contribution in [-0.2, 0) is 0 Å². The van der Waals surface area contributed by atoms with Crippen LogP contribution in [0.4, 0.5) is 27.6 Å². The van der Waals surface area contributed by atoms with Crippen molar-refractivity contribution in [1.29, 1.82) is 0 Å².